The third-order valence-corrected chi connectivity index (χ3v) is 3.60. The molecule has 1 atom stereocenters. The highest BCUT2D eigenvalue weighted by Crippen LogP contribution is 2.02. The van der Waals surface area contributed by atoms with Gasteiger partial charge in [-0.2, -0.15) is 0 Å². The maximum Gasteiger partial charge on any atom is 0.407 e. The van der Waals surface area contributed by atoms with Crippen LogP contribution in [0.1, 0.15) is 37.7 Å². The maximum absolute atomic E-state index is 11.7. The fourth-order valence-corrected chi connectivity index (χ4v) is 2.21. The number of nitrogens with one attached hydrogen (secondary N) is 2. The number of benzene rings is 1. The Morgan fingerprint density at radius 3 is 2.54 bits per heavy atom. The van der Waals surface area contributed by atoms with Crippen LogP contribution in [0.25, 0.3) is 0 Å². The minimum absolute atomic E-state index is 0.191. The van der Waals surface area contributed by atoms with E-state index in [9.17, 15) is 14.4 Å². The van der Waals surface area contributed by atoms with E-state index in [1.165, 1.54) is 6.08 Å². The minimum atomic E-state index is -1.07. The first-order valence-electron chi connectivity index (χ1n) is 8.60. The van der Waals surface area contributed by atoms with Crippen LogP contribution in [0.5, 0.6) is 0 Å². The van der Waals surface area contributed by atoms with E-state index in [1.54, 1.807) is 0 Å². The Morgan fingerprint density at radius 2 is 1.88 bits per heavy atom. The average Bonchev–Trinajstić information content (AvgIpc) is 2.63. The molecule has 0 aliphatic carbocycles. The number of rotatable bonds is 12. The van der Waals surface area contributed by atoms with Crippen molar-refractivity contribution in [2.45, 2.75) is 44.8 Å². The van der Waals surface area contributed by atoms with Crippen molar-refractivity contribution in [1.82, 2.24) is 10.6 Å². The van der Waals surface area contributed by atoms with Gasteiger partial charge in [-0.1, -0.05) is 42.8 Å². The molecule has 0 aromatic heterocycles. The molecular formula is C19H26N2O5. The molecule has 0 heterocycles. The summed E-state index contributed by atoms with van der Waals surface area (Å²) in [5.41, 5.74) is 0.921. The Morgan fingerprint density at radius 1 is 1.15 bits per heavy atom. The van der Waals surface area contributed by atoms with Crippen LogP contribution in [-0.2, 0) is 20.9 Å². The molecule has 0 saturated carbocycles. The van der Waals surface area contributed by atoms with Crippen LogP contribution in [0.3, 0.4) is 0 Å². The van der Waals surface area contributed by atoms with E-state index < -0.39 is 18.1 Å². The van der Waals surface area contributed by atoms with Crippen LogP contribution in [0.15, 0.2) is 43.0 Å². The van der Waals surface area contributed by atoms with E-state index in [0.29, 0.717) is 19.4 Å². The highest BCUT2D eigenvalue weighted by molar-refractivity contribution is 5.83. The summed E-state index contributed by atoms with van der Waals surface area (Å²) in [6.45, 7) is 4.16. The molecule has 7 nitrogen and oxygen atoms in total. The van der Waals surface area contributed by atoms with Gasteiger partial charge in [0.25, 0.3) is 0 Å². The second kappa shape index (κ2) is 12.5. The predicted molar refractivity (Wildman–Crippen MR) is 97.5 cm³/mol. The maximum atomic E-state index is 11.7. The number of carbonyl (C=O) groups is 3. The Labute approximate surface area is 153 Å². The number of ether oxygens (including phenoxy) is 1. The molecule has 2 amide bonds. The highest BCUT2D eigenvalue weighted by atomic mass is 16.5. The van der Waals surface area contributed by atoms with Crippen molar-refractivity contribution in [3.63, 3.8) is 0 Å². The Bertz CT molecular complexity index is 589. The fraction of sp³-hybridized carbons (Fsp3) is 0.421. The van der Waals surface area contributed by atoms with Crippen molar-refractivity contribution in [2.75, 3.05) is 6.54 Å². The molecule has 7 heteroatoms. The fourth-order valence-electron chi connectivity index (χ4n) is 2.21. The molecule has 0 spiro atoms. The number of carbonyl (C=O) groups excluding carboxylic acids is 2. The van der Waals surface area contributed by atoms with E-state index in [0.717, 1.165) is 12.0 Å². The third kappa shape index (κ3) is 9.46. The van der Waals surface area contributed by atoms with Crippen molar-refractivity contribution in [2.24, 2.45) is 0 Å². The van der Waals surface area contributed by atoms with E-state index in [2.05, 4.69) is 17.2 Å². The number of amides is 2. The number of hydrogen-bond donors (Lipinski definition) is 3. The van der Waals surface area contributed by atoms with Gasteiger partial charge in [0.05, 0.1) is 0 Å². The van der Waals surface area contributed by atoms with Gasteiger partial charge in [-0.25, -0.2) is 9.59 Å². The van der Waals surface area contributed by atoms with E-state index >= 15 is 0 Å². The summed E-state index contributed by atoms with van der Waals surface area (Å²) in [5.74, 6) is -1.37. The zero-order valence-electron chi connectivity index (χ0n) is 14.8. The van der Waals surface area contributed by atoms with Gasteiger partial charge in [0.15, 0.2) is 0 Å². The van der Waals surface area contributed by atoms with Crippen LogP contribution in [0.2, 0.25) is 0 Å². The molecule has 142 valence electrons. The van der Waals surface area contributed by atoms with Gasteiger partial charge in [-0.3, -0.25) is 4.79 Å². The summed E-state index contributed by atoms with van der Waals surface area (Å²) in [6, 6.07) is 8.47. The first kappa shape index (κ1) is 21.2. The predicted octanol–water partition coefficient (Wildman–Crippen LogP) is 2.62. The van der Waals surface area contributed by atoms with Gasteiger partial charge in [0.2, 0.25) is 5.91 Å². The first-order valence-corrected chi connectivity index (χ1v) is 8.60. The lowest BCUT2D eigenvalue weighted by atomic mass is 10.1. The van der Waals surface area contributed by atoms with Crippen LogP contribution < -0.4 is 10.6 Å². The molecule has 1 aromatic rings. The zero-order valence-corrected chi connectivity index (χ0v) is 14.8. The van der Waals surface area contributed by atoms with E-state index in [-0.39, 0.29) is 25.4 Å². The third-order valence-electron chi connectivity index (χ3n) is 3.60. The number of alkyl carbamates (subject to hydrolysis) is 1. The number of aliphatic carboxylic acids is 1. The molecule has 0 saturated heterocycles. The van der Waals surface area contributed by atoms with E-state index in [4.69, 9.17) is 9.84 Å². The van der Waals surface area contributed by atoms with Crippen LogP contribution in [0.4, 0.5) is 4.79 Å². The normalized spacial score (nSPS) is 11.2. The summed E-state index contributed by atoms with van der Waals surface area (Å²) >= 11 is 0. The Balaban J connectivity index is 2.06. The molecule has 1 aromatic carbocycles. The molecule has 1 rings (SSSR count). The van der Waals surface area contributed by atoms with Crippen LogP contribution in [-0.4, -0.2) is 35.7 Å². The number of hydrogen-bond acceptors (Lipinski definition) is 4. The number of carboxylic acids is 1. The Kier molecular flexibility index (Phi) is 10.2. The van der Waals surface area contributed by atoms with Gasteiger partial charge < -0.3 is 20.5 Å². The van der Waals surface area contributed by atoms with Crippen molar-refractivity contribution < 1.29 is 24.2 Å². The number of unbranched alkanes of at least 4 members (excludes halogenated alkanes) is 2. The van der Waals surface area contributed by atoms with Gasteiger partial charge in [-0.05, 0) is 24.8 Å². The molecule has 0 fully saturated rings. The lowest BCUT2D eigenvalue weighted by Crippen LogP contribution is -2.40. The monoisotopic (exact) mass is 362 g/mol. The Hall–Kier alpha value is -2.83. The molecule has 0 aliphatic rings. The SMILES string of the molecule is C=CC[C@H](NC(=O)CCCCCNC(=O)OCc1ccccc1)C(=O)O. The van der Waals surface area contributed by atoms with Gasteiger partial charge in [0.1, 0.15) is 12.6 Å². The largest absolute Gasteiger partial charge is 0.480 e. The molecule has 26 heavy (non-hydrogen) atoms. The van der Waals surface area contributed by atoms with Crippen molar-refractivity contribution in [3.8, 4) is 0 Å². The van der Waals surface area contributed by atoms with Gasteiger partial charge in [0, 0.05) is 13.0 Å². The molecular weight excluding hydrogens is 336 g/mol. The van der Waals surface area contributed by atoms with Crippen LogP contribution in [0, 0.1) is 0 Å². The lowest BCUT2D eigenvalue weighted by molar-refractivity contribution is -0.141. The summed E-state index contributed by atoms with van der Waals surface area (Å²) < 4.78 is 5.08. The number of carboxylic acid groups (broad SMARTS) is 1. The topological polar surface area (TPSA) is 105 Å². The summed E-state index contributed by atoms with van der Waals surface area (Å²) in [6.07, 6.45) is 3.50. The minimum Gasteiger partial charge on any atom is -0.480 e. The highest BCUT2D eigenvalue weighted by Gasteiger charge is 2.17. The zero-order chi connectivity index (χ0) is 19.2. The van der Waals surface area contributed by atoms with E-state index in [1.807, 2.05) is 30.3 Å². The molecule has 0 radical (unpaired) electrons. The molecule has 0 unspecified atom stereocenters. The average molecular weight is 362 g/mol. The second-order valence-corrected chi connectivity index (χ2v) is 5.78. The van der Waals surface area contributed by atoms with Crippen LogP contribution >= 0.6 is 0 Å². The van der Waals surface area contributed by atoms with Gasteiger partial charge in [-0.15, -0.1) is 6.58 Å². The quantitative estimate of drug-likeness (QED) is 0.392. The standard InChI is InChI=1S/C19H26N2O5/c1-2-9-16(18(23)24)21-17(22)12-7-4-8-13-20-19(25)26-14-15-10-5-3-6-11-15/h2-3,5-6,10-11,16H,1,4,7-9,12-14H2,(H,20,25)(H,21,22)(H,23,24)/t16-/m0/s1. The lowest BCUT2D eigenvalue weighted by Gasteiger charge is -2.12. The van der Waals surface area contributed by atoms with Crippen molar-refractivity contribution in [1.29, 1.82) is 0 Å². The first-order chi connectivity index (χ1) is 12.5. The summed E-state index contributed by atoms with van der Waals surface area (Å²) in [4.78, 5) is 34.2. The molecule has 0 bridgehead atoms. The smallest absolute Gasteiger partial charge is 0.407 e. The van der Waals surface area contributed by atoms with Gasteiger partial charge >= 0.3 is 12.1 Å². The summed E-state index contributed by atoms with van der Waals surface area (Å²) in [5, 5.41) is 14.1. The molecule has 3 N–H and O–H groups in total. The second-order valence-electron chi connectivity index (χ2n) is 5.78. The van der Waals surface area contributed by atoms with Crippen molar-refractivity contribution in [3.05, 3.63) is 48.6 Å². The van der Waals surface area contributed by atoms with Crippen molar-refractivity contribution >= 4 is 18.0 Å². The molecule has 0 aliphatic heterocycles. The summed E-state index contributed by atoms with van der Waals surface area (Å²) in [7, 11) is 0.